The van der Waals surface area contributed by atoms with Gasteiger partial charge in [0.05, 0.1) is 5.56 Å². The zero-order valence-electron chi connectivity index (χ0n) is 16.6. The smallest absolute Gasteiger partial charge is 0.366 e. The van der Waals surface area contributed by atoms with Crippen molar-refractivity contribution in [2.24, 2.45) is 5.73 Å². The summed E-state index contributed by atoms with van der Waals surface area (Å²) in [4.78, 5) is 22.0. The first-order chi connectivity index (χ1) is 15.3. The Bertz CT molecular complexity index is 1180. The van der Waals surface area contributed by atoms with E-state index < -0.39 is 18.0 Å². The fourth-order valence-electron chi connectivity index (χ4n) is 3.92. The van der Waals surface area contributed by atoms with Crippen molar-refractivity contribution in [3.8, 4) is 17.5 Å². The van der Waals surface area contributed by atoms with Crippen molar-refractivity contribution in [3.63, 3.8) is 0 Å². The van der Waals surface area contributed by atoms with Gasteiger partial charge in [0.25, 0.3) is 0 Å². The van der Waals surface area contributed by atoms with Gasteiger partial charge in [0, 0.05) is 36.3 Å². The first kappa shape index (κ1) is 21.3. The van der Waals surface area contributed by atoms with Crippen molar-refractivity contribution in [1.82, 2.24) is 15.1 Å². The number of primary amides is 1. The highest BCUT2D eigenvalue weighted by molar-refractivity contribution is 5.96. The summed E-state index contributed by atoms with van der Waals surface area (Å²) >= 11 is 0. The second-order valence-corrected chi connectivity index (χ2v) is 7.35. The quantitative estimate of drug-likeness (QED) is 0.656. The van der Waals surface area contributed by atoms with Crippen LogP contribution in [0.4, 0.5) is 19.0 Å². The number of carbonyl (C=O) groups is 1. The van der Waals surface area contributed by atoms with Crippen molar-refractivity contribution >= 4 is 11.7 Å². The minimum Gasteiger partial charge on any atom is -0.366 e. The van der Waals surface area contributed by atoms with Gasteiger partial charge in [-0.05, 0) is 36.6 Å². The molecule has 8 nitrogen and oxygen atoms in total. The Kier molecular flexibility index (Phi) is 5.52. The number of aromatic nitrogens is 3. The lowest BCUT2D eigenvalue weighted by Gasteiger charge is -2.35. The topological polar surface area (TPSA) is 122 Å². The van der Waals surface area contributed by atoms with E-state index in [1.54, 1.807) is 18.2 Å². The molecule has 2 aromatic heterocycles. The van der Waals surface area contributed by atoms with Crippen LogP contribution in [0.25, 0.3) is 11.4 Å². The van der Waals surface area contributed by atoms with Gasteiger partial charge >= 0.3 is 12.1 Å². The number of hydrogen-bond donors (Lipinski definition) is 1. The molecular weight excluding hydrogens is 425 g/mol. The zero-order chi connectivity index (χ0) is 22.9. The maximum Gasteiger partial charge on any atom is 0.471 e. The average molecular weight is 442 g/mol. The molecule has 0 spiro atoms. The molecule has 11 heteroatoms. The van der Waals surface area contributed by atoms with Gasteiger partial charge in [-0.3, -0.25) is 4.79 Å². The molecule has 4 rings (SSSR count). The number of alkyl halides is 3. The summed E-state index contributed by atoms with van der Waals surface area (Å²) < 4.78 is 43.3. The molecule has 3 aromatic rings. The average Bonchev–Trinajstić information content (AvgIpc) is 3.29. The number of piperidine rings is 1. The Morgan fingerprint density at radius 2 is 2.09 bits per heavy atom. The van der Waals surface area contributed by atoms with Crippen molar-refractivity contribution in [2.75, 3.05) is 18.0 Å². The number of anilines is 1. The number of amides is 1. The molecule has 0 bridgehead atoms. The van der Waals surface area contributed by atoms with Crippen LogP contribution in [0.1, 0.15) is 46.1 Å². The fourth-order valence-corrected chi connectivity index (χ4v) is 3.92. The van der Waals surface area contributed by atoms with Crippen LogP contribution in [0.5, 0.6) is 0 Å². The summed E-state index contributed by atoms with van der Waals surface area (Å²) in [5.74, 6) is -2.01. The molecule has 3 heterocycles. The maximum absolute atomic E-state index is 13.0. The predicted molar refractivity (Wildman–Crippen MR) is 106 cm³/mol. The minimum atomic E-state index is -4.78. The molecule has 1 fully saturated rings. The van der Waals surface area contributed by atoms with E-state index in [4.69, 9.17) is 11.0 Å². The van der Waals surface area contributed by atoms with Crippen LogP contribution in [0.15, 0.2) is 41.1 Å². The van der Waals surface area contributed by atoms with Crippen LogP contribution >= 0.6 is 0 Å². The molecule has 0 aliphatic carbocycles. The molecular formula is C21H17F3N6O2. The number of carbonyl (C=O) groups excluding carboxylic acids is 1. The van der Waals surface area contributed by atoms with E-state index in [1.165, 1.54) is 18.3 Å². The van der Waals surface area contributed by atoms with E-state index in [0.29, 0.717) is 36.5 Å². The van der Waals surface area contributed by atoms with Gasteiger partial charge in [-0.25, -0.2) is 4.98 Å². The lowest BCUT2D eigenvalue weighted by Crippen LogP contribution is -2.36. The summed E-state index contributed by atoms with van der Waals surface area (Å²) in [7, 11) is 0. The van der Waals surface area contributed by atoms with Crippen molar-refractivity contribution < 1.29 is 22.5 Å². The Labute approximate surface area is 180 Å². The van der Waals surface area contributed by atoms with Crippen LogP contribution in [0.3, 0.4) is 0 Å². The lowest BCUT2D eigenvalue weighted by atomic mass is 9.84. The summed E-state index contributed by atoms with van der Waals surface area (Å²) in [5, 5.41) is 12.5. The first-order valence-electron chi connectivity index (χ1n) is 9.73. The summed E-state index contributed by atoms with van der Waals surface area (Å²) in [5.41, 5.74) is 6.95. The van der Waals surface area contributed by atoms with Crippen molar-refractivity contribution in [3.05, 3.63) is 59.1 Å². The monoisotopic (exact) mass is 442 g/mol. The van der Waals surface area contributed by atoms with E-state index in [-0.39, 0.29) is 22.9 Å². The van der Waals surface area contributed by atoms with E-state index in [1.807, 2.05) is 11.0 Å². The largest absolute Gasteiger partial charge is 0.471 e. The molecule has 0 saturated carbocycles. The van der Waals surface area contributed by atoms with E-state index >= 15 is 0 Å². The molecule has 0 radical (unpaired) electrons. The SMILES string of the molecule is N#Cc1ccc(N2CCCC(c3c(C(N)=O)cccc3-c3noc(C(F)(F)F)n3)C2)nc1. The van der Waals surface area contributed by atoms with Gasteiger partial charge in [0.15, 0.2) is 0 Å². The Balaban J connectivity index is 1.73. The highest BCUT2D eigenvalue weighted by Crippen LogP contribution is 2.38. The summed E-state index contributed by atoms with van der Waals surface area (Å²) in [6.45, 7) is 1.14. The molecule has 2 N–H and O–H groups in total. The van der Waals surface area contributed by atoms with E-state index in [2.05, 4.69) is 19.6 Å². The molecule has 1 aromatic carbocycles. The van der Waals surface area contributed by atoms with Gasteiger partial charge in [-0.2, -0.15) is 23.4 Å². The van der Waals surface area contributed by atoms with E-state index in [9.17, 15) is 18.0 Å². The van der Waals surface area contributed by atoms with Gasteiger partial charge in [0.2, 0.25) is 11.7 Å². The number of nitrogens with zero attached hydrogens (tertiary/aromatic N) is 5. The Hall–Kier alpha value is -3.94. The van der Waals surface area contributed by atoms with Gasteiger partial charge in [-0.15, -0.1) is 0 Å². The number of benzene rings is 1. The Morgan fingerprint density at radius 1 is 1.28 bits per heavy atom. The summed E-state index contributed by atoms with van der Waals surface area (Å²) in [6.07, 6.45) is -1.89. The lowest BCUT2D eigenvalue weighted by molar-refractivity contribution is -0.159. The van der Waals surface area contributed by atoms with Crippen LogP contribution < -0.4 is 10.6 Å². The number of hydrogen-bond acceptors (Lipinski definition) is 7. The number of halogens is 3. The van der Waals surface area contributed by atoms with Crippen LogP contribution in [0, 0.1) is 11.3 Å². The normalized spacial score (nSPS) is 16.6. The van der Waals surface area contributed by atoms with Crippen LogP contribution in [-0.4, -0.2) is 34.1 Å². The standard InChI is InChI=1S/C21H17F3N6O2/c22-21(23,24)20-28-19(29-32-20)15-5-1-4-14(18(26)31)17(15)13-3-2-8-30(11-13)16-7-6-12(9-25)10-27-16/h1,4-7,10,13H,2-3,8,11H2,(H2,26,31). The second kappa shape index (κ2) is 8.30. The molecule has 1 saturated heterocycles. The first-order valence-corrected chi connectivity index (χ1v) is 9.73. The minimum absolute atomic E-state index is 0.195. The summed E-state index contributed by atoms with van der Waals surface area (Å²) in [6, 6.07) is 10.0. The molecule has 32 heavy (non-hydrogen) atoms. The number of nitriles is 1. The van der Waals surface area contributed by atoms with Gasteiger partial charge in [-0.1, -0.05) is 17.3 Å². The second-order valence-electron chi connectivity index (χ2n) is 7.35. The third-order valence-electron chi connectivity index (χ3n) is 5.31. The molecule has 1 unspecified atom stereocenters. The molecule has 1 amide bonds. The van der Waals surface area contributed by atoms with E-state index in [0.717, 1.165) is 6.42 Å². The van der Waals surface area contributed by atoms with Crippen molar-refractivity contribution in [2.45, 2.75) is 24.9 Å². The van der Waals surface area contributed by atoms with Crippen molar-refractivity contribution in [1.29, 1.82) is 5.26 Å². The molecule has 1 aliphatic rings. The highest BCUT2D eigenvalue weighted by Gasteiger charge is 2.39. The number of pyridine rings is 1. The number of nitrogens with two attached hydrogens (primary N) is 1. The number of rotatable bonds is 4. The zero-order valence-corrected chi connectivity index (χ0v) is 16.6. The fraction of sp³-hybridized carbons (Fsp3) is 0.286. The van der Waals surface area contributed by atoms with Crippen LogP contribution in [-0.2, 0) is 6.18 Å². The third-order valence-corrected chi connectivity index (χ3v) is 5.31. The third kappa shape index (κ3) is 4.12. The highest BCUT2D eigenvalue weighted by atomic mass is 19.4. The van der Waals surface area contributed by atoms with Crippen LogP contribution in [0.2, 0.25) is 0 Å². The Morgan fingerprint density at radius 3 is 2.72 bits per heavy atom. The molecule has 1 aliphatic heterocycles. The molecule has 164 valence electrons. The maximum atomic E-state index is 13.0. The van der Waals surface area contributed by atoms with Gasteiger partial charge in [0.1, 0.15) is 11.9 Å². The van der Waals surface area contributed by atoms with Gasteiger partial charge < -0.3 is 15.2 Å². The molecule has 1 atom stereocenters. The predicted octanol–water partition coefficient (Wildman–Crippen LogP) is 3.50.